The van der Waals surface area contributed by atoms with Gasteiger partial charge in [0.1, 0.15) is 6.29 Å². The second kappa shape index (κ2) is 6.63. The summed E-state index contributed by atoms with van der Waals surface area (Å²) in [6.45, 7) is 1.57. The van der Waals surface area contributed by atoms with Gasteiger partial charge in [-0.25, -0.2) is 5.84 Å². The van der Waals surface area contributed by atoms with E-state index in [0.29, 0.717) is 18.2 Å². The highest BCUT2D eigenvalue weighted by molar-refractivity contribution is 5.95. The molecule has 1 aromatic rings. The molecule has 1 unspecified atom stereocenters. The van der Waals surface area contributed by atoms with Crippen LogP contribution in [0.2, 0.25) is 0 Å². The number of hydrazine groups is 1. The predicted octanol–water partition coefficient (Wildman–Crippen LogP) is 0.838. The lowest BCUT2D eigenvalue weighted by molar-refractivity contribution is -0.107. The third kappa shape index (κ3) is 3.23. The summed E-state index contributed by atoms with van der Waals surface area (Å²) in [4.78, 5) is 25.3. The van der Waals surface area contributed by atoms with Crippen molar-refractivity contribution in [3.63, 3.8) is 0 Å². The minimum atomic E-state index is -0.220. The Morgan fingerprint density at radius 2 is 2.25 bits per heavy atom. The lowest BCUT2D eigenvalue weighted by atomic mass is 10.0. The first kappa shape index (κ1) is 14.7. The van der Waals surface area contributed by atoms with Crippen LogP contribution in [0.1, 0.15) is 28.8 Å². The van der Waals surface area contributed by atoms with E-state index in [9.17, 15) is 9.59 Å². The molecule has 108 valence electrons. The summed E-state index contributed by atoms with van der Waals surface area (Å²) < 4.78 is 0. The fourth-order valence-corrected chi connectivity index (χ4v) is 2.67. The predicted molar refractivity (Wildman–Crippen MR) is 77.1 cm³/mol. The Balaban J connectivity index is 2.08. The van der Waals surface area contributed by atoms with Gasteiger partial charge in [0.25, 0.3) is 5.91 Å². The van der Waals surface area contributed by atoms with Crippen LogP contribution in [-0.2, 0) is 11.2 Å². The number of rotatable bonds is 5. The summed E-state index contributed by atoms with van der Waals surface area (Å²) in [5, 5.41) is 1.27. The van der Waals surface area contributed by atoms with Gasteiger partial charge in [-0.15, -0.1) is 0 Å². The molecule has 1 aliphatic rings. The van der Waals surface area contributed by atoms with Crippen molar-refractivity contribution in [3.05, 3.63) is 35.4 Å². The van der Waals surface area contributed by atoms with Crippen LogP contribution in [0.5, 0.6) is 0 Å². The zero-order valence-electron chi connectivity index (χ0n) is 11.8. The molecule has 0 spiro atoms. The van der Waals surface area contributed by atoms with Crippen molar-refractivity contribution in [1.82, 2.24) is 9.91 Å². The van der Waals surface area contributed by atoms with E-state index >= 15 is 0 Å². The van der Waals surface area contributed by atoms with Gasteiger partial charge in [-0.1, -0.05) is 18.2 Å². The second-order valence-electron chi connectivity index (χ2n) is 5.26. The summed E-state index contributed by atoms with van der Waals surface area (Å²) in [5.41, 5.74) is 1.24. The molecule has 1 atom stereocenters. The number of carbonyl (C=O) groups excluding carboxylic acids is 2. The topological polar surface area (TPSA) is 66.6 Å². The number of likely N-dealkylation sites (tertiary alicyclic amines) is 1. The van der Waals surface area contributed by atoms with Crippen LogP contribution in [0.4, 0.5) is 0 Å². The number of hydrogen-bond acceptors (Lipinski definition) is 4. The summed E-state index contributed by atoms with van der Waals surface area (Å²) in [7, 11) is 2.05. The van der Waals surface area contributed by atoms with Crippen molar-refractivity contribution in [2.75, 3.05) is 20.1 Å². The number of nitrogens with two attached hydrogens (primary N) is 1. The summed E-state index contributed by atoms with van der Waals surface area (Å²) in [5.74, 6) is 5.71. The molecule has 5 nitrogen and oxygen atoms in total. The van der Waals surface area contributed by atoms with E-state index in [-0.39, 0.29) is 12.3 Å². The molecule has 0 bridgehead atoms. The minimum Gasteiger partial charge on any atom is -0.303 e. The maximum Gasteiger partial charge on any atom is 0.268 e. The second-order valence-corrected chi connectivity index (χ2v) is 5.26. The van der Waals surface area contributed by atoms with Crippen LogP contribution in [0.3, 0.4) is 0 Å². The Morgan fingerprint density at radius 3 is 2.90 bits per heavy atom. The molecule has 0 radical (unpaired) electrons. The molecule has 1 amide bonds. The molecular formula is C15H21N3O2. The number of benzene rings is 1. The van der Waals surface area contributed by atoms with Gasteiger partial charge in [0, 0.05) is 18.0 Å². The SMILES string of the molecule is CN1CCCC1CN(N)C(=O)c1ccccc1CC=O. The van der Waals surface area contributed by atoms with Crippen LogP contribution in [0.25, 0.3) is 0 Å². The van der Waals surface area contributed by atoms with E-state index in [1.165, 1.54) is 5.01 Å². The van der Waals surface area contributed by atoms with E-state index in [4.69, 9.17) is 5.84 Å². The minimum absolute atomic E-state index is 0.220. The first-order chi connectivity index (χ1) is 9.63. The molecule has 1 aliphatic heterocycles. The van der Waals surface area contributed by atoms with Crippen molar-refractivity contribution in [3.8, 4) is 0 Å². The lowest BCUT2D eigenvalue weighted by Crippen LogP contribution is -2.46. The first-order valence-electron chi connectivity index (χ1n) is 6.92. The Hall–Kier alpha value is -1.72. The Bertz CT molecular complexity index is 490. The summed E-state index contributed by atoms with van der Waals surface area (Å²) in [6.07, 6.45) is 3.25. The van der Waals surface area contributed by atoms with E-state index in [0.717, 1.165) is 31.2 Å². The fraction of sp³-hybridized carbons (Fsp3) is 0.467. The molecule has 0 saturated carbocycles. The Kier molecular flexibility index (Phi) is 4.87. The number of aldehydes is 1. The molecule has 20 heavy (non-hydrogen) atoms. The summed E-state index contributed by atoms with van der Waals surface area (Å²) in [6, 6.07) is 7.44. The molecule has 2 N–H and O–H groups in total. The Morgan fingerprint density at radius 1 is 1.50 bits per heavy atom. The van der Waals surface area contributed by atoms with Crippen LogP contribution < -0.4 is 5.84 Å². The molecule has 2 rings (SSSR count). The molecule has 5 heteroatoms. The molecule has 0 aromatic heterocycles. The molecule has 1 fully saturated rings. The average molecular weight is 275 g/mol. The highest BCUT2D eigenvalue weighted by Gasteiger charge is 2.25. The van der Waals surface area contributed by atoms with Gasteiger partial charge >= 0.3 is 0 Å². The zero-order valence-corrected chi connectivity index (χ0v) is 11.8. The molecule has 1 aromatic carbocycles. The number of hydrogen-bond donors (Lipinski definition) is 1. The highest BCUT2D eigenvalue weighted by atomic mass is 16.2. The van der Waals surface area contributed by atoms with Crippen molar-refractivity contribution in [1.29, 1.82) is 0 Å². The smallest absolute Gasteiger partial charge is 0.268 e. The monoisotopic (exact) mass is 275 g/mol. The standard InChI is InChI=1S/C15H21N3O2/c1-17-9-4-6-13(17)11-18(16)15(20)14-7-3-2-5-12(14)8-10-19/h2-3,5,7,10,13H,4,6,8-9,11,16H2,1H3. The van der Waals surface area contributed by atoms with Gasteiger partial charge in [-0.3, -0.25) is 9.80 Å². The molecule has 0 aliphatic carbocycles. The normalized spacial score (nSPS) is 19.0. The first-order valence-corrected chi connectivity index (χ1v) is 6.92. The zero-order chi connectivity index (χ0) is 14.5. The number of carbonyl (C=O) groups is 2. The average Bonchev–Trinajstić information content (AvgIpc) is 2.84. The highest BCUT2D eigenvalue weighted by Crippen LogP contribution is 2.17. The molecule has 1 saturated heterocycles. The third-order valence-corrected chi connectivity index (χ3v) is 3.89. The van der Waals surface area contributed by atoms with Gasteiger partial charge in [-0.2, -0.15) is 0 Å². The van der Waals surface area contributed by atoms with Gasteiger partial charge in [-0.05, 0) is 38.1 Å². The van der Waals surface area contributed by atoms with E-state index < -0.39 is 0 Å². The fourth-order valence-electron chi connectivity index (χ4n) is 2.67. The van der Waals surface area contributed by atoms with Crippen LogP contribution in [0, 0.1) is 0 Å². The Labute approximate surface area is 119 Å². The van der Waals surface area contributed by atoms with E-state index in [2.05, 4.69) is 11.9 Å². The maximum atomic E-state index is 12.4. The lowest BCUT2D eigenvalue weighted by Gasteiger charge is -2.25. The van der Waals surface area contributed by atoms with Gasteiger partial charge in [0.05, 0.1) is 6.54 Å². The summed E-state index contributed by atoms with van der Waals surface area (Å²) >= 11 is 0. The molecule has 1 heterocycles. The van der Waals surface area contributed by atoms with Crippen LogP contribution in [0.15, 0.2) is 24.3 Å². The number of amides is 1. The van der Waals surface area contributed by atoms with Gasteiger partial charge in [0.15, 0.2) is 0 Å². The van der Waals surface area contributed by atoms with E-state index in [1.54, 1.807) is 18.2 Å². The number of nitrogens with zero attached hydrogens (tertiary/aromatic N) is 2. The van der Waals surface area contributed by atoms with Gasteiger partial charge in [0.2, 0.25) is 0 Å². The van der Waals surface area contributed by atoms with Crippen molar-refractivity contribution in [2.45, 2.75) is 25.3 Å². The van der Waals surface area contributed by atoms with Crippen molar-refractivity contribution in [2.24, 2.45) is 5.84 Å². The molecular weight excluding hydrogens is 254 g/mol. The maximum absolute atomic E-state index is 12.4. The third-order valence-electron chi connectivity index (χ3n) is 3.89. The van der Waals surface area contributed by atoms with Crippen LogP contribution >= 0.6 is 0 Å². The quantitative estimate of drug-likeness (QED) is 0.374. The van der Waals surface area contributed by atoms with E-state index in [1.807, 2.05) is 6.07 Å². The van der Waals surface area contributed by atoms with Gasteiger partial charge < -0.3 is 9.69 Å². The van der Waals surface area contributed by atoms with Crippen molar-refractivity contribution < 1.29 is 9.59 Å². The largest absolute Gasteiger partial charge is 0.303 e. The number of likely N-dealkylation sites (N-methyl/N-ethyl adjacent to an activating group) is 1. The van der Waals surface area contributed by atoms with Crippen LogP contribution in [-0.4, -0.2) is 48.3 Å². The van der Waals surface area contributed by atoms with Crippen molar-refractivity contribution >= 4 is 12.2 Å².